The van der Waals surface area contributed by atoms with Crippen LogP contribution in [0, 0.1) is 0 Å². The molecule has 0 heterocycles. The van der Waals surface area contributed by atoms with Crippen LogP contribution in [0.2, 0.25) is 0 Å². The topological polar surface area (TPSA) is 18.5 Å². The van der Waals surface area contributed by atoms with Crippen molar-refractivity contribution >= 4 is 38.4 Å². The molecule has 2 nitrogen and oxygen atoms in total. The third kappa shape index (κ3) is 6.22. The predicted molar refractivity (Wildman–Crippen MR) is 90.5 cm³/mol. The van der Waals surface area contributed by atoms with Gasteiger partial charge < -0.3 is 0 Å². The molecule has 0 aliphatic heterocycles. The molecule has 0 saturated carbocycles. The van der Waals surface area contributed by atoms with E-state index in [1.807, 2.05) is 36.4 Å². The molecular weight excluding hydrogens is 502 g/mol. The molecule has 5 heteroatoms. The van der Waals surface area contributed by atoms with E-state index < -0.39 is 9.87 Å². The van der Waals surface area contributed by atoms with Crippen LogP contribution in [0.4, 0.5) is 0 Å². The first-order chi connectivity index (χ1) is 9.16. The van der Waals surface area contributed by atoms with Crippen LogP contribution in [0.25, 0.3) is 0 Å². The summed E-state index contributed by atoms with van der Waals surface area (Å²) in [6, 6.07) is 20.4. The normalized spacial score (nSPS) is 11.5. The average Bonchev–Trinajstić information content (AvgIpc) is 2.46. The summed E-state index contributed by atoms with van der Waals surface area (Å²) < 4.78 is 12.0. The van der Waals surface area contributed by atoms with E-state index in [0.29, 0.717) is 13.2 Å². The maximum atomic E-state index is 5.98. The van der Waals surface area contributed by atoms with Crippen LogP contribution in [-0.4, -0.2) is 0 Å². The van der Waals surface area contributed by atoms with Crippen molar-refractivity contribution in [3.8, 4) is 0 Å². The first kappa shape index (κ1) is 15.9. The summed E-state index contributed by atoms with van der Waals surface area (Å²) in [4.78, 5) is 0. The standard InChI is InChI=1S/2C7H7O.2HI.Ti/c2*8-6-7-4-2-1-3-5-7;;;/h2*1-5H,6H2;2*1H;/q2*-1;;;+4/p-2. The molecule has 0 aliphatic carbocycles. The summed E-state index contributed by atoms with van der Waals surface area (Å²) in [6.45, 7) is 1.25. The first-order valence-corrected chi connectivity index (χ1v) is 17.2. The zero-order valence-electron chi connectivity index (χ0n) is 10.3. The second kappa shape index (κ2) is 8.09. The first-order valence-electron chi connectivity index (χ1n) is 5.89. The summed E-state index contributed by atoms with van der Waals surface area (Å²) in [5.74, 6) is 0. The van der Waals surface area contributed by atoms with Gasteiger partial charge in [-0.25, -0.2) is 0 Å². The Balaban J connectivity index is 1.82. The van der Waals surface area contributed by atoms with Crippen molar-refractivity contribution < 1.29 is 16.5 Å². The van der Waals surface area contributed by atoms with Crippen molar-refractivity contribution in [2.45, 2.75) is 13.2 Å². The molecule has 0 radical (unpaired) electrons. The van der Waals surface area contributed by atoms with E-state index in [2.05, 4.69) is 62.6 Å². The Morgan fingerprint density at radius 2 is 1.05 bits per heavy atom. The van der Waals surface area contributed by atoms with Crippen LogP contribution in [0.1, 0.15) is 11.1 Å². The quantitative estimate of drug-likeness (QED) is 0.393. The van der Waals surface area contributed by atoms with Crippen molar-refractivity contribution in [1.82, 2.24) is 0 Å². The van der Waals surface area contributed by atoms with Crippen molar-refractivity contribution in [3.05, 3.63) is 71.8 Å². The van der Waals surface area contributed by atoms with Gasteiger partial charge in [0.05, 0.1) is 0 Å². The van der Waals surface area contributed by atoms with Crippen molar-refractivity contribution in [2.24, 2.45) is 0 Å². The van der Waals surface area contributed by atoms with E-state index in [9.17, 15) is 0 Å². The fraction of sp³-hybridized carbons (Fsp3) is 0.143. The van der Waals surface area contributed by atoms with Crippen molar-refractivity contribution in [2.75, 3.05) is 0 Å². The van der Waals surface area contributed by atoms with Crippen molar-refractivity contribution in [1.29, 1.82) is 0 Å². The fourth-order valence-electron chi connectivity index (χ4n) is 1.52. The van der Waals surface area contributed by atoms with Gasteiger partial charge in [0, 0.05) is 0 Å². The van der Waals surface area contributed by atoms with E-state index in [0.717, 1.165) is 0 Å². The summed E-state index contributed by atoms with van der Waals surface area (Å²) in [5.41, 5.74) is 2.38. The summed E-state index contributed by atoms with van der Waals surface area (Å²) >= 11 is 4.72. The van der Waals surface area contributed by atoms with Gasteiger partial charge in [0.25, 0.3) is 0 Å². The Labute approximate surface area is 138 Å². The van der Waals surface area contributed by atoms with Crippen LogP contribution >= 0.6 is 38.4 Å². The molecule has 19 heavy (non-hydrogen) atoms. The number of hydrogen-bond donors (Lipinski definition) is 0. The Bertz CT molecular complexity index is 446. The summed E-state index contributed by atoms with van der Waals surface area (Å²) in [7, 11) is -2.65. The van der Waals surface area contributed by atoms with Gasteiger partial charge in [-0.05, 0) is 0 Å². The molecular formula is C14H14I2O2Ti. The molecule has 0 aromatic heterocycles. The van der Waals surface area contributed by atoms with E-state index in [-0.39, 0.29) is 0 Å². The Kier molecular flexibility index (Phi) is 6.78. The summed E-state index contributed by atoms with van der Waals surface area (Å²) in [5, 5.41) is 0. The second-order valence-corrected chi connectivity index (χ2v) is 26.6. The van der Waals surface area contributed by atoms with E-state index in [1.54, 1.807) is 0 Å². The minimum absolute atomic E-state index is 0.626. The van der Waals surface area contributed by atoms with Gasteiger partial charge in [0.1, 0.15) is 0 Å². The van der Waals surface area contributed by atoms with Gasteiger partial charge in [0.2, 0.25) is 0 Å². The van der Waals surface area contributed by atoms with Gasteiger partial charge in [-0.1, -0.05) is 0 Å². The average molecular weight is 516 g/mol. The number of benzene rings is 2. The van der Waals surface area contributed by atoms with Gasteiger partial charge in [-0.3, -0.25) is 0 Å². The molecule has 2 rings (SSSR count). The van der Waals surface area contributed by atoms with Gasteiger partial charge in [0.15, 0.2) is 0 Å². The zero-order chi connectivity index (χ0) is 13.6. The molecule has 0 saturated heterocycles. The van der Waals surface area contributed by atoms with Crippen LogP contribution in [-0.2, 0) is 29.7 Å². The maximum absolute atomic E-state index is 5.98. The summed E-state index contributed by atoms with van der Waals surface area (Å²) in [6.07, 6.45) is 0. The third-order valence-electron chi connectivity index (χ3n) is 2.50. The van der Waals surface area contributed by atoms with Gasteiger partial charge >= 0.3 is 140 Å². The number of halogens is 2. The molecule has 2 aromatic carbocycles. The molecule has 0 N–H and O–H groups in total. The number of hydrogen-bond acceptors (Lipinski definition) is 2. The zero-order valence-corrected chi connectivity index (χ0v) is 16.1. The van der Waals surface area contributed by atoms with Crippen LogP contribution in [0.15, 0.2) is 60.7 Å². The molecule has 100 valence electrons. The molecule has 0 unspecified atom stereocenters. The Hall–Kier alpha value is 0.534. The number of rotatable bonds is 6. The SMILES string of the molecule is [I][Ti]([I])([O]Cc1ccccc1)[O]Cc1ccccc1. The predicted octanol–water partition coefficient (Wildman–Crippen LogP) is 5.10. The van der Waals surface area contributed by atoms with Crippen molar-refractivity contribution in [3.63, 3.8) is 0 Å². The Morgan fingerprint density at radius 1 is 0.684 bits per heavy atom. The molecule has 0 atom stereocenters. The fourth-order valence-corrected chi connectivity index (χ4v) is 5.27. The van der Waals surface area contributed by atoms with Crippen LogP contribution in [0.3, 0.4) is 0 Å². The molecule has 0 aliphatic rings. The van der Waals surface area contributed by atoms with Crippen LogP contribution in [0.5, 0.6) is 0 Å². The van der Waals surface area contributed by atoms with E-state index in [4.69, 9.17) is 6.64 Å². The molecule has 2 aromatic rings. The van der Waals surface area contributed by atoms with Crippen LogP contribution < -0.4 is 0 Å². The van der Waals surface area contributed by atoms with Gasteiger partial charge in [-0.15, -0.1) is 0 Å². The third-order valence-corrected chi connectivity index (χ3v) is 9.14. The van der Waals surface area contributed by atoms with Gasteiger partial charge in [-0.2, -0.15) is 0 Å². The van der Waals surface area contributed by atoms with E-state index in [1.165, 1.54) is 11.1 Å². The Morgan fingerprint density at radius 3 is 1.42 bits per heavy atom. The molecule has 0 fully saturated rings. The monoisotopic (exact) mass is 516 g/mol. The molecule has 0 spiro atoms. The second-order valence-electron chi connectivity index (χ2n) is 4.01. The van der Waals surface area contributed by atoms with E-state index >= 15 is 0 Å². The molecule has 0 bridgehead atoms. The minimum atomic E-state index is -2.65. The molecule has 0 amide bonds.